The van der Waals surface area contributed by atoms with Gasteiger partial charge < -0.3 is 17.2 Å². The summed E-state index contributed by atoms with van der Waals surface area (Å²) >= 11 is 2.79. The molecule has 8 heteroatoms. The van der Waals surface area contributed by atoms with Crippen molar-refractivity contribution in [1.82, 2.24) is 4.98 Å². The number of anilines is 2. The number of hydrogen-bond acceptors (Lipinski definition) is 7. The lowest BCUT2D eigenvalue weighted by Crippen LogP contribution is -2.10. The van der Waals surface area contributed by atoms with Crippen LogP contribution in [0.25, 0.3) is 30.7 Å². The minimum Gasteiger partial charge on any atom is -0.397 e. The van der Waals surface area contributed by atoms with Crippen molar-refractivity contribution in [3.63, 3.8) is 0 Å². The van der Waals surface area contributed by atoms with E-state index in [1.807, 2.05) is 12.1 Å². The number of fused-ring (bicyclic) bond motifs is 2. The fourth-order valence-electron chi connectivity index (χ4n) is 2.99. The number of rotatable bonds is 3. The van der Waals surface area contributed by atoms with Crippen LogP contribution in [0.5, 0.6) is 0 Å². The van der Waals surface area contributed by atoms with E-state index in [4.69, 9.17) is 17.2 Å². The predicted molar refractivity (Wildman–Crippen MR) is 111 cm³/mol. The molecule has 4 aromatic rings. The minimum atomic E-state index is -0.572. The summed E-state index contributed by atoms with van der Waals surface area (Å²) in [5.41, 5.74) is 19.8. The number of pyridine rings is 1. The third kappa shape index (κ3) is 2.42. The number of primary amides is 1. The average Bonchev–Trinajstić information content (AvgIpc) is 3.17. The molecule has 26 heavy (non-hydrogen) atoms. The molecule has 0 bridgehead atoms. The first-order valence-corrected chi connectivity index (χ1v) is 9.37. The van der Waals surface area contributed by atoms with Gasteiger partial charge in [0.15, 0.2) is 0 Å². The SMILES string of the molecule is CN=Cc1c(N)nc2sc(C(N)=O)c(N)c2c1-c1cc2ccccc2s1. The van der Waals surface area contributed by atoms with E-state index in [1.54, 1.807) is 24.6 Å². The summed E-state index contributed by atoms with van der Waals surface area (Å²) in [6, 6.07) is 10.2. The molecule has 3 heterocycles. The average molecular weight is 381 g/mol. The Morgan fingerprint density at radius 3 is 2.69 bits per heavy atom. The second-order valence-electron chi connectivity index (χ2n) is 5.71. The number of carbonyl (C=O) groups is 1. The Hall–Kier alpha value is -2.97. The van der Waals surface area contributed by atoms with Crippen LogP contribution in [0, 0.1) is 0 Å². The summed E-state index contributed by atoms with van der Waals surface area (Å²) in [7, 11) is 1.67. The van der Waals surface area contributed by atoms with E-state index in [-0.39, 0.29) is 0 Å². The molecule has 0 saturated carbocycles. The third-order valence-corrected chi connectivity index (χ3v) is 6.35. The van der Waals surface area contributed by atoms with Crippen LogP contribution in [0.2, 0.25) is 0 Å². The number of nitrogen functional groups attached to an aromatic ring is 2. The van der Waals surface area contributed by atoms with Crippen LogP contribution in [0.15, 0.2) is 35.3 Å². The van der Waals surface area contributed by atoms with Gasteiger partial charge in [0.05, 0.1) is 5.69 Å². The minimum absolute atomic E-state index is 0.292. The highest BCUT2D eigenvalue weighted by molar-refractivity contribution is 7.23. The molecule has 0 unspecified atom stereocenters. The Bertz CT molecular complexity index is 1170. The van der Waals surface area contributed by atoms with Gasteiger partial charge in [0, 0.05) is 39.4 Å². The van der Waals surface area contributed by atoms with Crippen molar-refractivity contribution in [3.8, 4) is 10.4 Å². The van der Waals surface area contributed by atoms with Gasteiger partial charge in [-0.25, -0.2) is 4.98 Å². The van der Waals surface area contributed by atoms with Crippen molar-refractivity contribution in [2.75, 3.05) is 18.5 Å². The van der Waals surface area contributed by atoms with Gasteiger partial charge in [-0.1, -0.05) is 18.2 Å². The summed E-state index contributed by atoms with van der Waals surface area (Å²) in [5.74, 6) is -0.232. The van der Waals surface area contributed by atoms with Gasteiger partial charge in [0.2, 0.25) is 0 Å². The van der Waals surface area contributed by atoms with Crippen LogP contribution in [0.1, 0.15) is 15.2 Å². The van der Waals surface area contributed by atoms with Crippen LogP contribution in [0.3, 0.4) is 0 Å². The highest BCUT2D eigenvalue weighted by Crippen LogP contribution is 2.45. The first kappa shape index (κ1) is 16.5. The highest BCUT2D eigenvalue weighted by Gasteiger charge is 2.23. The summed E-state index contributed by atoms with van der Waals surface area (Å²) < 4.78 is 1.15. The largest absolute Gasteiger partial charge is 0.397 e. The molecule has 130 valence electrons. The quantitative estimate of drug-likeness (QED) is 0.470. The molecule has 1 aromatic carbocycles. The van der Waals surface area contributed by atoms with Crippen molar-refractivity contribution in [1.29, 1.82) is 0 Å². The standard InChI is InChI=1S/C18H15N5OS2/c1-22-7-9-12(11-6-8-4-2-3-5-10(8)25-11)13-14(19)15(17(21)24)26-18(13)23-16(9)20/h2-7H,19H2,1H3,(H2,20,23)(H2,21,24). The molecule has 0 radical (unpaired) electrons. The highest BCUT2D eigenvalue weighted by atomic mass is 32.1. The second-order valence-corrected chi connectivity index (χ2v) is 7.79. The van der Waals surface area contributed by atoms with E-state index in [1.165, 1.54) is 0 Å². The van der Waals surface area contributed by atoms with Crippen LogP contribution in [-0.2, 0) is 0 Å². The fourth-order valence-corrected chi connectivity index (χ4v) is 5.08. The van der Waals surface area contributed by atoms with Crippen LogP contribution in [0.4, 0.5) is 11.5 Å². The number of benzene rings is 1. The summed E-state index contributed by atoms with van der Waals surface area (Å²) in [6.45, 7) is 0. The molecule has 4 rings (SSSR count). The maximum absolute atomic E-state index is 11.7. The van der Waals surface area contributed by atoms with Gasteiger partial charge in [-0.3, -0.25) is 9.79 Å². The summed E-state index contributed by atoms with van der Waals surface area (Å²) in [4.78, 5) is 22.2. The van der Waals surface area contributed by atoms with Gasteiger partial charge >= 0.3 is 0 Å². The van der Waals surface area contributed by atoms with E-state index in [9.17, 15) is 4.79 Å². The lowest BCUT2D eigenvalue weighted by atomic mass is 10.0. The Morgan fingerprint density at radius 1 is 1.23 bits per heavy atom. The smallest absolute Gasteiger partial charge is 0.260 e. The molecule has 1 amide bonds. The summed E-state index contributed by atoms with van der Waals surface area (Å²) in [6.07, 6.45) is 1.67. The van der Waals surface area contributed by atoms with E-state index in [0.717, 1.165) is 31.9 Å². The maximum Gasteiger partial charge on any atom is 0.260 e. The first-order valence-electron chi connectivity index (χ1n) is 7.73. The van der Waals surface area contributed by atoms with Crippen molar-refractivity contribution in [2.45, 2.75) is 0 Å². The molecule has 0 saturated heterocycles. The molecule has 0 aliphatic rings. The van der Waals surface area contributed by atoms with E-state index in [2.05, 4.69) is 28.2 Å². The number of amides is 1. The normalized spacial score (nSPS) is 11.7. The van der Waals surface area contributed by atoms with Crippen LogP contribution < -0.4 is 17.2 Å². The maximum atomic E-state index is 11.7. The molecule has 6 nitrogen and oxygen atoms in total. The number of thiophene rings is 2. The van der Waals surface area contributed by atoms with Gasteiger partial charge in [-0.05, 0) is 17.5 Å². The Labute approximate surface area is 157 Å². The molecule has 6 N–H and O–H groups in total. The number of nitrogens with two attached hydrogens (primary N) is 3. The van der Waals surface area contributed by atoms with E-state index in [0.29, 0.717) is 32.2 Å². The van der Waals surface area contributed by atoms with Gasteiger partial charge in [0.1, 0.15) is 15.5 Å². The molecule has 0 aliphatic carbocycles. The second kappa shape index (κ2) is 6.08. The van der Waals surface area contributed by atoms with Crippen molar-refractivity contribution < 1.29 is 4.79 Å². The van der Waals surface area contributed by atoms with Gasteiger partial charge in [0.25, 0.3) is 5.91 Å². The zero-order valence-corrected chi connectivity index (χ0v) is 15.4. The molecule has 0 aliphatic heterocycles. The Balaban J connectivity index is 2.16. The van der Waals surface area contributed by atoms with Crippen LogP contribution in [-0.4, -0.2) is 24.2 Å². The van der Waals surface area contributed by atoms with Crippen LogP contribution >= 0.6 is 22.7 Å². The molecule has 0 atom stereocenters. The number of aliphatic imine (C=N–C) groups is 1. The number of nitrogens with zero attached hydrogens (tertiary/aromatic N) is 2. The number of hydrogen-bond donors (Lipinski definition) is 3. The lowest BCUT2D eigenvalue weighted by molar-refractivity contribution is 0.100. The summed E-state index contributed by atoms with van der Waals surface area (Å²) in [5, 5.41) is 1.82. The third-order valence-electron chi connectivity index (χ3n) is 4.10. The predicted octanol–water partition coefficient (Wildman–Crippen LogP) is 3.49. The zero-order chi connectivity index (χ0) is 18.4. The van der Waals surface area contributed by atoms with Crippen molar-refractivity contribution in [3.05, 3.63) is 40.8 Å². The molecular weight excluding hydrogens is 366 g/mol. The zero-order valence-electron chi connectivity index (χ0n) is 13.8. The topological polar surface area (TPSA) is 120 Å². The lowest BCUT2D eigenvalue weighted by Gasteiger charge is -2.09. The van der Waals surface area contributed by atoms with E-state index < -0.39 is 5.91 Å². The van der Waals surface area contributed by atoms with Gasteiger partial charge in [-0.2, -0.15) is 0 Å². The van der Waals surface area contributed by atoms with Crippen molar-refractivity contribution >= 4 is 66.6 Å². The molecule has 0 fully saturated rings. The number of carbonyl (C=O) groups excluding carboxylic acids is 1. The molecule has 0 spiro atoms. The van der Waals surface area contributed by atoms with Gasteiger partial charge in [-0.15, -0.1) is 22.7 Å². The molecule has 3 aromatic heterocycles. The van der Waals surface area contributed by atoms with E-state index >= 15 is 0 Å². The Morgan fingerprint density at radius 2 is 2.00 bits per heavy atom. The first-order chi connectivity index (χ1) is 12.5. The monoisotopic (exact) mass is 381 g/mol. The fraction of sp³-hybridized carbons (Fsp3) is 0.0556. The Kier molecular flexibility index (Phi) is 3.86. The molecular formula is C18H15N5OS2. The number of aromatic nitrogens is 1. The van der Waals surface area contributed by atoms with Crippen molar-refractivity contribution in [2.24, 2.45) is 10.7 Å².